The van der Waals surface area contributed by atoms with Crippen LogP contribution in [-0.4, -0.2) is 43.8 Å². The molecule has 0 bridgehead atoms. The first-order valence-corrected chi connectivity index (χ1v) is 8.79. The lowest BCUT2D eigenvalue weighted by Crippen LogP contribution is -2.34. The molecule has 0 fully saturated rings. The zero-order valence-corrected chi connectivity index (χ0v) is 15.1. The summed E-state index contributed by atoms with van der Waals surface area (Å²) >= 11 is 0. The van der Waals surface area contributed by atoms with Crippen LogP contribution in [0.5, 0.6) is 0 Å². The van der Waals surface area contributed by atoms with Crippen LogP contribution in [-0.2, 0) is 13.0 Å². The number of aryl methyl sites for hydroxylation is 1. The predicted molar refractivity (Wildman–Crippen MR) is 96.7 cm³/mol. The summed E-state index contributed by atoms with van der Waals surface area (Å²) in [4.78, 5) is 18.9. The molecular weight excluding hydrogens is 330 g/mol. The first-order valence-electron chi connectivity index (χ1n) is 8.79. The molecule has 3 aromatic heterocycles. The van der Waals surface area contributed by atoms with E-state index < -0.39 is 0 Å². The fourth-order valence-corrected chi connectivity index (χ4v) is 2.74. The first-order chi connectivity index (χ1) is 12.7. The number of carbonyl (C=O) groups excluding carboxylic acids is 1. The Morgan fingerprint density at radius 1 is 1.31 bits per heavy atom. The van der Waals surface area contributed by atoms with Crippen molar-refractivity contribution in [1.29, 1.82) is 0 Å². The molecule has 0 aliphatic carbocycles. The van der Waals surface area contributed by atoms with Crippen LogP contribution in [0, 0.1) is 6.92 Å². The second-order valence-corrected chi connectivity index (χ2v) is 6.26. The lowest BCUT2D eigenvalue weighted by Gasteiger charge is -2.20. The van der Waals surface area contributed by atoms with Crippen molar-refractivity contribution in [3.8, 4) is 0 Å². The van der Waals surface area contributed by atoms with Crippen LogP contribution >= 0.6 is 0 Å². The van der Waals surface area contributed by atoms with Gasteiger partial charge in [-0.15, -0.1) is 0 Å². The molecule has 0 saturated heterocycles. The molecule has 1 amide bonds. The Hall–Kier alpha value is -2.96. The third-order valence-electron chi connectivity index (χ3n) is 4.00. The molecule has 7 heteroatoms. The molecule has 0 radical (unpaired) electrons. The van der Waals surface area contributed by atoms with Crippen molar-refractivity contribution >= 4 is 5.91 Å². The van der Waals surface area contributed by atoms with Gasteiger partial charge in [0.2, 0.25) is 0 Å². The molecule has 26 heavy (non-hydrogen) atoms. The van der Waals surface area contributed by atoms with Gasteiger partial charge < -0.3 is 9.42 Å². The van der Waals surface area contributed by atoms with Crippen molar-refractivity contribution in [3.05, 3.63) is 65.6 Å². The van der Waals surface area contributed by atoms with Gasteiger partial charge in [0, 0.05) is 43.7 Å². The van der Waals surface area contributed by atoms with E-state index in [1.165, 1.54) is 0 Å². The van der Waals surface area contributed by atoms with Crippen molar-refractivity contribution in [2.24, 2.45) is 0 Å². The summed E-state index contributed by atoms with van der Waals surface area (Å²) in [5, 5.41) is 8.17. The van der Waals surface area contributed by atoms with E-state index in [1.807, 2.05) is 31.3 Å². The standard InChI is InChI=1S/C19H23N5O2/c1-3-9-23(10-7-16-6-4-5-8-20-16)19(25)18-11-17(26-22-18)14-24-13-15(2)12-21-24/h4-6,8,11-13H,3,7,9-10,14H2,1-2H3. The van der Waals surface area contributed by atoms with Gasteiger partial charge in [-0.2, -0.15) is 5.10 Å². The minimum atomic E-state index is -0.116. The van der Waals surface area contributed by atoms with Gasteiger partial charge in [-0.05, 0) is 31.0 Å². The molecule has 0 saturated carbocycles. The molecule has 0 spiro atoms. The number of aromatic nitrogens is 4. The minimum absolute atomic E-state index is 0.116. The van der Waals surface area contributed by atoms with Gasteiger partial charge in [0.15, 0.2) is 11.5 Å². The molecule has 136 valence electrons. The maximum atomic E-state index is 12.8. The van der Waals surface area contributed by atoms with Gasteiger partial charge in [0.05, 0.1) is 6.20 Å². The van der Waals surface area contributed by atoms with Crippen molar-refractivity contribution in [2.45, 2.75) is 33.2 Å². The smallest absolute Gasteiger partial charge is 0.276 e. The SMILES string of the molecule is CCCN(CCc1ccccn1)C(=O)c1cc(Cn2cc(C)cn2)on1. The zero-order chi connectivity index (χ0) is 18.4. The summed E-state index contributed by atoms with van der Waals surface area (Å²) in [5.41, 5.74) is 2.37. The van der Waals surface area contributed by atoms with E-state index in [1.54, 1.807) is 28.0 Å². The molecule has 3 aromatic rings. The largest absolute Gasteiger partial charge is 0.359 e. The van der Waals surface area contributed by atoms with Crippen LogP contribution in [0.4, 0.5) is 0 Å². The average molecular weight is 353 g/mol. The number of pyridine rings is 1. The molecule has 3 rings (SSSR count). The predicted octanol–water partition coefficient (Wildman–Crippen LogP) is 2.72. The molecule has 0 aliphatic heterocycles. The van der Waals surface area contributed by atoms with E-state index in [0.717, 1.165) is 17.7 Å². The highest BCUT2D eigenvalue weighted by molar-refractivity contribution is 5.92. The van der Waals surface area contributed by atoms with Gasteiger partial charge in [-0.25, -0.2) is 0 Å². The summed E-state index contributed by atoms with van der Waals surface area (Å²) in [6.07, 6.45) is 7.06. The van der Waals surface area contributed by atoms with Crippen molar-refractivity contribution in [1.82, 2.24) is 24.8 Å². The van der Waals surface area contributed by atoms with Crippen LogP contribution in [0.1, 0.15) is 40.9 Å². The van der Waals surface area contributed by atoms with Crippen LogP contribution in [0.3, 0.4) is 0 Å². The Balaban J connectivity index is 1.64. The average Bonchev–Trinajstić information content (AvgIpc) is 3.28. The third kappa shape index (κ3) is 4.56. The maximum Gasteiger partial charge on any atom is 0.276 e. The fraction of sp³-hybridized carbons (Fsp3) is 0.368. The number of hydrogen-bond donors (Lipinski definition) is 0. The first kappa shape index (κ1) is 17.8. The van der Waals surface area contributed by atoms with Gasteiger partial charge in [0.1, 0.15) is 6.54 Å². The van der Waals surface area contributed by atoms with E-state index in [-0.39, 0.29) is 5.91 Å². The van der Waals surface area contributed by atoms with Crippen molar-refractivity contribution < 1.29 is 9.32 Å². The summed E-state index contributed by atoms with van der Waals surface area (Å²) in [6.45, 7) is 5.75. The van der Waals surface area contributed by atoms with Crippen LogP contribution < -0.4 is 0 Å². The highest BCUT2D eigenvalue weighted by Crippen LogP contribution is 2.10. The third-order valence-corrected chi connectivity index (χ3v) is 4.00. The molecular formula is C19H23N5O2. The summed E-state index contributed by atoms with van der Waals surface area (Å²) in [7, 11) is 0. The Morgan fingerprint density at radius 2 is 2.19 bits per heavy atom. The molecule has 0 aliphatic rings. The van der Waals surface area contributed by atoms with Crippen LogP contribution in [0.15, 0.2) is 47.4 Å². The maximum absolute atomic E-state index is 12.8. The van der Waals surface area contributed by atoms with Gasteiger partial charge in [0.25, 0.3) is 5.91 Å². The second kappa shape index (κ2) is 8.42. The number of hydrogen-bond acceptors (Lipinski definition) is 5. The Morgan fingerprint density at radius 3 is 2.88 bits per heavy atom. The normalized spacial score (nSPS) is 10.8. The number of nitrogens with zero attached hydrogens (tertiary/aromatic N) is 5. The van der Waals surface area contributed by atoms with E-state index in [2.05, 4.69) is 22.2 Å². The highest BCUT2D eigenvalue weighted by atomic mass is 16.5. The summed E-state index contributed by atoms with van der Waals surface area (Å²) < 4.78 is 7.08. The monoisotopic (exact) mass is 353 g/mol. The topological polar surface area (TPSA) is 77.0 Å². The van der Waals surface area contributed by atoms with Gasteiger partial charge >= 0.3 is 0 Å². The number of rotatable bonds is 8. The molecule has 7 nitrogen and oxygen atoms in total. The van der Waals surface area contributed by atoms with E-state index in [4.69, 9.17) is 4.52 Å². The molecule has 3 heterocycles. The molecule has 0 atom stereocenters. The minimum Gasteiger partial charge on any atom is -0.359 e. The summed E-state index contributed by atoms with van der Waals surface area (Å²) in [6, 6.07) is 7.50. The highest BCUT2D eigenvalue weighted by Gasteiger charge is 2.19. The Labute approximate surface area is 152 Å². The van der Waals surface area contributed by atoms with Crippen molar-refractivity contribution in [2.75, 3.05) is 13.1 Å². The zero-order valence-electron chi connectivity index (χ0n) is 15.1. The van der Waals surface area contributed by atoms with Crippen LogP contribution in [0.2, 0.25) is 0 Å². The van der Waals surface area contributed by atoms with Crippen molar-refractivity contribution in [3.63, 3.8) is 0 Å². The second-order valence-electron chi connectivity index (χ2n) is 6.26. The van der Waals surface area contributed by atoms with Gasteiger partial charge in [-0.3, -0.25) is 14.5 Å². The number of carbonyl (C=O) groups is 1. The van der Waals surface area contributed by atoms with E-state index >= 15 is 0 Å². The molecule has 0 unspecified atom stereocenters. The van der Waals surface area contributed by atoms with Crippen LogP contribution in [0.25, 0.3) is 0 Å². The lowest BCUT2D eigenvalue weighted by molar-refractivity contribution is 0.0746. The number of amides is 1. The molecule has 0 aromatic carbocycles. The van der Waals surface area contributed by atoms with E-state index in [9.17, 15) is 4.79 Å². The molecule has 0 N–H and O–H groups in total. The van der Waals surface area contributed by atoms with E-state index in [0.29, 0.717) is 37.5 Å². The Kier molecular flexibility index (Phi) is 5.78. The summed E-state index contributed by atoms with van der Waals surface area (Å²) in [5.74, 6) is 0.493. The van der Waals surface area contributed by atoms with Gasteiger partial charge in [-0.1, -0.05) is 18.1 Å². The lowest BCUT2D eigenvalue weighted by atomic mass is 10.2. The Bertz CT molecular complexity index is 841. The fourth-order valence-electron chi connectivity index (χ4n) is 2.74. The quantitative estimate of drug-likeness (QED) is 0.622.